The highest BCUT2D eigenvalue weighted by Crippen LogP contribution is 2.27. The molecule has 0 aliphatic rings. The van der Waals surface area contributed by atoms with Crippen molar-refractivity contribution in [1.29, 1.82) is 0 Å². The Bertz CT molecular complexity index is 490. The van der Waals surface area contributed by atoms with Crippen LogP contribution in [0.2, 0.25) is 0 Å². The van der Waals surface area contributed by atoms with Gasteiger partial charge in [0.2, 0.25) is 0 Å². The van der Waals surface area contributed by atoms with Crippen molar-refractivity contribution in [2.45, 2.75) is 30.5 Å². The molecule has 1 heterocycles. The number of carboxylic acids is 1. The molecule has 0 aliphatic heterocycles. The highest BCUT2D eigenvalue weighted by molar-refractivity contribution is 7.91. The normalized spacial score (nSPS) is 12.9. The average molecular weight is 277 g/mol. The van der Waals surface area contributed by atoms with Crippen LogP contribution in [0.5, 0.6) is 0 Å². The van der Waals surface area contributed by atoms with Crippen molar-refractivity contribution in [3.8, 4) is 0 Å². The number of hydrogen-bond donors (Lipinski definition) is 1. The summed E-state index contributed by atoms with van der Waals surface area (Å²) in [5.74, 6) is -1.17. The van der Waals surface area contributed by atoms with Gasteiger partial charge in [0.1, 0.15) is 9.75 Å². The van der Waals surface area contributed by atoms with Gasteiger partial charge in [-0.2, -0.15) is 4.31 Å². The molecule has 0 fully saturated rings. The van der Waals surface area contributed by atoms with Crippen LogP contribution in [0.4, 0.5) is 0 Å². The molecule has 0 aromatic carbocycles. The van der Waals surface area contributed by atoms with E-state index in [0.29, 0.717) is 0 Å². The number of thiophene rings is 1. The Kier molecular flexibility index (Phi) is 3.95. The van der Waals surface area contributed by atoms with Gasteiger partial charge in [0, 0.05) is 6.54 Å². The van der Waals surface area contributed by atoms with Crippen LogP contribution in [0.15, 0.2) is 21.7 Å². The van der Waals surface area contributed by atoms with E-state index in [0.717, 1.165) is 15.6 Å². The molecule has 1 N–H and O–H groups in total. The molecule has 0 atom stereocenters. The van der Waals surface area contributed by atoms with Gasteiger partial charge in [-0.05, 0) is 25.3 Å². The van der Waals surface area contributed by atoms with Gasteiger partial charge in [0.15, 0.2) is 0 Å². The largest absolute Gasteiger partial charge is 0.480 e. The van der Waals surface area contributed by atoms with Gasteiger partial charge in [0.25, 0.3) is 10.0 Å². The molecule has 0 amide bonds. The molecule has 0 saturated carbocycles. The van der Waals surface area contributed by atoms with Crippen LogP contribution in [-0.4, -0.2) is 35.9 Å². The van der Waals surface area contributed by atoms with Crippen LogP contribution in [0.25, 0.3) is 0 Å². The van der Waals surface area contributed by atoms with Crippen molar-refractivity contribution >= 4 is 27.3 Å². The molecule has 0 bridgehead atoms. The van der Waals surface area contributed by atoms with E-state index in [1.165, 1.54) is 19.9 Å². The monoisotopic (exact) mass is 277 g/mol. The lowest BCUT2D eigenvalue weighted by Crippen LogP contribution is -2.52. The molecule has 0 saturated heterocycles. The van der Waals surface area contributed by atoms with Crippen molar-refractivity contribution in [3.05, 3.63) is 17.5 Å². The Labute approximate surface area is 105 Å². The van der Waals surface area contributed by atoms with Gasteiger partial charge >= 0.3 is 5.97 Å². The zero-order valence-corrected chi connectivity index (χ0v) is 11.5. The minimum Gasteiger partial charge on any atom is -0.480 e. The van der Waals surface area contributed by atoms with E-state index in [-0.39, 0.29) is 10.8 Å². The van der Waals surface area contributed by atoms with E-state index < -0.39 is 21.5 Å². The third-order valence-electron chi connectivity index (χ3n) is 2.47. The lowest BCUT2D eigenvalue weighted by molar-refractivity contribution is -0.146. The summed E-state index contributed by atoms with van der Waals surface area (Å²) in [6.07, 6.45) is 0. The second-order valence-electron chi connectivity index (χ2n) is 3.97. The molecular weight excluding hydrogens is 262 g/mol. The zero-order valence-electron chi connectivity index (χ0n) is 9.87. The van der Waals surface area contributed by atoms with Crippen molar-refractivity contribution in [2.75, 3.05) is 6.54 Å². The maximum atomic E-state index is 12.2. The summed E-state index contributed by atoms with van der Waals surface area (Å²) in [4.78, 5) is 11.1. The first-order valence-electron chi connectivity index (χ1n) is 5.04. The molecule has 1 rings (SSSR count). The maximum absolute atomic E-state index is 12.2. The first kappa shape index (κ1) is 14.1. The minimum absolute atomic E-state index is 0.111. The summed E-state index contributed by atoms with van der Waals surface area (Å²) in [5, 5.41) is 10.7. The molecule has 5 nitrogen and oxygen atoms in total. The molecule has 17 heavy (non-hydrogen) atoms. The molecule has 7 heteroatoms. The number of aliphatic carboxylic acids is 1. The van der Waals surface area contributed by atoms with Crippen LogP contribution in [0.1, 0.15) is 20.8 Å². The summed E-state index contributed by atoms with van der Waals surface area (Å²) in [6.45, 7) is 4.49. The number of likely N-dealkylation sites (N-methyl/N-ethyl adjacent to an activating group) is 1. The standard InChI is InChI=1S/C10H15NO4S2/c1-4-11(10(2,3)9(12)13)17(14,15)8-6-5-7-16-8/h5-7H,4H2,1-3H3,(H,12,13). The molecule has 0 radical (unpaired) electrons. The smallest absolute Gasteiger partial charge is 0.324 e. The minimum atomic E-state index is -3.74. The fourth-order valence-electron chi connectivity index (χ4n) is 1.49. The van der Waals surface area contributed by atoms with Gasteiger partial charge in [-0.3, -0.25) is 4.79 Å². The van der Waals surface area contributed by atoms with Crippen LogP contribution < -0.4 is 0 Å². The molecule has 0 unspecified atom stereocenters. The molecule has 1 aromatic heterocycles. The lowest BCUT2D eigenvalue weighted by Gasteiger charge is -2.32. The number of sulfonamides is 1. The van der Waals surface area contributed by atoms with Gasteiger partial charge in [-0.25, -0.2) is 8.42 Å². The molecule has 1 aromatic rings. The first-order valence-corrected chi connectivity index (χ1v) is 7.36. The SMILES string of the molecule is CCN(C(C)(C)C(=O)O)S(=O)(=O)c1cccs1. The average Bonchev–Trinajstić information content (AvgIpc) is 2.70. The van der Waals surface area contributed by atoms with E-state index >= 15 is 0 Å². The van der Waals surface area contributed by atoms with E-state index in [1.54, 1.807) is 18.4 Å². The van der Waals surface area contributed by atoms with Crippen molar-refractivity contribution < 1.29 is 18.3 Å². The predicted molar refractivity (Wildman–Crippen MR) is 65.6 cm³/mol. The van der Waals surface area contributed by atoms with E-state index in [9.17, 15) is 13.2 Å². The third kappa shape index (κ3) is 2.51. The van der Waals surface area contributed by atoms with E-state index in [1.807, 2.05) is 0 Å². The fraction of sp³-hybridized carbons (Fsp3) is 0.500. The second-order valence-corrected chi connectivity index (χ2v) is 7.00. The Hall–Kier alpha value is -0.920. The number of nitrogens with zero attached hydrogens (tertiary/aromatic N) is 1. The summed E-state index contributed by atoms with van der Waals surface area (Å²) < 4.78 is 25.7. The molecular formula is C10H15NO4S2. The van der Waals surface area contributed by atoms with Gasteiger partial charge in [-0.1, -0.05) is 13.0 Å². The van der Waals surface area contributed by atoms with E-state index in [2.05, 4.69) is 0 Å². The summed E-state index contributed by atoms with van der Waals surface area (Å²) in [6, 6.07) is 3.10. The van der Waals surface area contributed by atoms with Crippen LogP contribution in [-0.2, 0) is 14.8 Å². The third-order valence-corrected chi connectivity index (χ3v) is 6.00. The van der Waals surface area contributed by atoms with Crippen molar-refractivity contribution in [3.63, 3.8) is 0 Å². The van der Waals surface area contributed by atoms with Crippen molar-refractivity contribution in [2.24, 2.45) is 0 Å². The predicted octanol–water partition coefficient (Wildman–Crippen LogP) is 1.62. The number of rotatable bonds is 5. The maximum Gasteiger partial charge on any atom is 0.324 e. The number of hydrogen-bond acceptors (Lipinski definition) is 4. The topological polar surface area (TPSA) is 74.7 Å². The molecule has 96 valence electrons. The zero-order chi connectivity index (χ0) is 13.3. The number of carboxylic acid groups (broad SMARTS) is 1. The first-order chi connectivity index (χ1) is 7.74. The quantitative estimate of drug-likeness (QED) is 0.887. The van der Waals surface area contributed by atoms with E-state index in [4.69, 9.17) is 5.11 Å². The molecule has 0 spiro atoms. The lowest BCUT2D eigenvalue weighted by atomic mass is 10.1. The Morgan fingerprint density at radius 1 is 1.53 bits per heavy atom. The fourth-order valence-corrected chi connectivity index (χ4v) is 4.35. The number of carbonyl (C=O) groups is 1. The summed E-state index contributed by atoms with van der Waals surface area (Å²) in [7, 11) is -3.74. The molecule has 0 aliphatic carbocycles. The van der Waals surface area contributed by atoms with Crippen LogP contribution in [0.3, 0.4) is 0 Å². The van der Waals surface area contributed by atoms with Crippen LogP contribution in [0, 0.1) is 0 Å². The van der Waals surface area contributed by atoms with Crippen molar-refractivity contribution in [1.82, 2.24) is 4.31 Å². The summed E-state index contributed by atoms with van der Waals surface area (Å²) >= 11 is 1.08. The highest BCUT2D eigenvalue weighted by atomic mass is 32.2. The van der Waals surface area contributed by atoms with Gasteiger partial charge < -0.3 is 5.11 Å². The van der Waals surface area contributed by atoms with Gasteiger partial charge in [-0.15, -0.1) is 11.3 Å². The second kappa shape index (κ2) is 4.75. The van der Waals surface area contributed by atoms with Gasteiger partial charge in [0.05, 0.1) is 0 Å². The Balaban J connectivity index is 3.25. The highest BCUT2D eigenvalue weighted by Gasteiger charge is 2.42. The Morgan fingerprint density at radius 3 is 2.47 bits per heavy atom. The summed E-state index contributed by atoms with van der Waals surface area (Å²) in [5.41, 5.74) is -1.46. The van der Waals surface area contributed by atoms with Crippen LogP contribution >= 0.6 is 11.3 Å². The Morgan fingerprint density at radius 2 is 2.12 bits per heavy atom.